The van der Waals surface area contributed by atoms with Crippen LogP contribution < -0.4 is 10.1 Å². The number of aromatic amines is 1. The van der Waals surface area contributed by atoms with Gasteiger partial charge in [-0.2, -0.15) is 0 Å². The van der Waals surface area contributed by atoms with Gasteiger partial charge in [0.25, 0.3) is 0 Å². The van der Waals surface area contributed by atoms with Gasteiger partial charge in [0, 0.05) is 10.9 Å². The lowest BCUT2D eigenvalue weighted by Crippen LogP contribution is -2.15. The fraction of sp³-hybridized carbons (Fsp3) is 0.111. The van der Waals surface area contributed by atoms with Crippen LogP contribution in [0.2, 0.25) is 0 Å². The number of ether oxygens (including phenoxy) is 1. The molecule has 2 aromatic heterocycles. The summed E-state index contributed by atoms with van der Waals surface area (Å²) in [6, 6.07) is 11.5. The Labute approximate surface area is 157 Å². The predicted octanol–water partition coefficient (Wildman–Crippen LogP) is 3.38. The summed E-state index contributed by atoms with van der Waals surface area (Å²) >= 11 is 1.16. The summed E-state index contributed by atoms with van der Waals surface area (Å²) in [4.78, 5) is 19.6. The Bertz CT molecular complexity index is 1150. The maximum atomic E-state index is 13.4. The van der Waals surface area contributed by atoms with E-state index in [9.17, 15) is 9.18 Å². The Morgan fingerprint density at radius 1 is 1.26 bits per heavy atom. The van der Waals surface area contributed by atoms with Crippen LogP contribution in [0, 0.1) is 5.82 Å². The van der Waals surface area contributed by atoms with Crippen LogP contribution >= 0.6 is 11.8 Å². The van der Waals surface area contributed by atoms with Crippen molar-refractivity contribution in [3.63, 3.8) is 0 Å². The number of aromatic nitrogens is 4. The van der Waals surface area contributed by atoms with Crippen molar-refractivity contribution in [1.29, 1.82) is 0 Å². The van der Waals surface area contributed by atoms with Gasteiger partial charge in [-0.25, -0.2) is 9.37 Å². The largest absolute Gasteiger partial charge is 0.495 e. The summed E-state index contributed by atoms with van der Waals surface area (Å²) in [6.45, 7) is 0. The fourth-order valence-electron chi connectivity index (χ4n) is 2.65. The Morgan fingerprint density at radius 3 is 2.96 bits per heavy atom. The Morgan fingerprint density at radius 2 is 2.11 bits per heavy atom. The molecule has 136 valence electrons. The van der Waals surface area contributed by atoms with Gasteiger partial charge in [-0.05, 0) is 30.3 Å². The lowest BCUT2D eigenvalue weighted by Gasteiger charge is -2.09. The fourth-order valence-corrected chi connectivity index (χ4v) is 3.24. The molecule has 2 heterocycles. The molecule has 2 N–H and O–H groups in total. The molecule has 0 aliphatic rings. The number of halogens is 1. The number of para-hydroxylation sites is 2. The van der Waals surface area contributed by atoms with E-state index in [1.807, 2.05) is 12.1 Å². The van der Waals surface area contributed by atoms with Crippen LogP contribution in [0.25, 0.3) is 22.1 Å². The molecule has 0 spiro atoms. The van der Waals surface area contributed by atoms with Crippen LogP contribution in [0.4, 0.5) is 10.1 Å². The lowest BCUT2D eigenvalue weighted by molar-refractivity contribution is -0.113. The van der Waals surface area contributed by atoms with Gasteiger partial charge in [-0.3, -0.25) is 4.79 Å². The monoisotopic (exact) mass is 383 g/mol. The van der Waals surface area contributed by atoms with Gasteiger partial charge in [-0.1, -0.05) is 23.9 Å². The number of hydrogen-bond donors (Lipinski definition) is 2. The molecule has 0 fully saturated rings. The van der Waals surface area contributed by atoms with E-state index in [4.69, 9.17) is 4.74 Å². The van der Waals surface area contributed by atoms with Gasteiger partial charge in [0.05, 0.1) is 18.6 Å². The van der Waals surface area contributed by atoms with E-state index in [0.717, 1.165) is 17.3 Å². The minimum Gasteiger partial charge on any atom is -0.495 e. The topological polar surface area (TPSA) is 92.8 Å². The van der Waals surface area contributed by atoms with Crippen molar-refractivity contribution in [2.45, 2.75) is 5.16 Å². The molecule has 27 heavy (non-hydrogen) atoms. The van der Waals surface area contributed by atoms with E-state index >= 15 is 0 Å². The van der Waals surface area contributed by atoms with E-state index < -0.39 is 0 Å². The second kappa shape index (κ2) is 7.20. The molecule has 2 aromatic carbocycles. The van der Waals surface area contributed by atoms with Crippen LogP contribution in [0.15, 0.2) is 47.6 Å². The number of rotatable bonds is 5. The number of H-pyrrole nitrogens is 1. The van der Waals surface area contributed by atoms with Gasteiger partial charge in [0.2, 0.25) is 11.1 Å². The first-order chi connectivity index (χ1) is 13.1. The molecule has 9 heteroatoms. The molecule has 0 saturated heterocycles. The summed E-state index contributed by atoms with van der Waals surface area (Å²) in [6.07, 6.45) is 0. The van der Waals surface area contributed by atoms with Crippen LogP contribution in [0.3, 0.4) is 0 Å². The molecule has 7 nitrogen and oxygen atoms in total. The van der Waals surface area contributed by atoms with E-state index in [0.29, 0.717) is 33.1 Å². The lowest BCUT2D eigenvalue weighted by atomic mass is 10.2. The molecule has 4 aromatic rings. The first-order valence-electron chi connectivity index (χ1n) is 8.01. The summed E-state index contributed by atoms with van der Waals surface area (Å²) < 4.78 is 18.6. The van der Waals surface area contributed by atoms with Gasteiger partial charge in [0.1, 0.15) is 17.1 Å². The molecule has 0 bridgehead atoms. The predicted molar refractivity (Wildman–Crippen MR) is 101 cm³/mol. The molecule has 1 amide bonds. The highest BCUT2D eigenvalue weighted by Gasteiger charge is 2.12. The number of carbonyl (C=O) groups excluding carboxylic acids is 1. The number of hydrogen-bond acceptors (Lipinski definition) is 6. The Hall–Kier alpha value is -3.20. The number of nitrogens with zero attached hydrogens (tertiary/aromatic N) is 3. The van der Waals surface area contributed by atoms with Crippen LogP contribution in [-0.4, -0.2) is 38.9 Å². The van der Waals surface area contributed by atoms with Gasteiger partial charge < -0.3 is 15.0 Å². The first-order valence-corrected chi connectivity index (χ1v) is 9.00. The second-order valence-electron chi connectivity index (χ2n) is 5.64. The van der Waals surface area contributed by atoms with Gasteiger partial charge >= 0.3 is 0 Å². The maximum Gasteiger partial charge on any atom is 0.234 e. The van der Waals surface area contributed by atoms with Crippen LogP contribution in [-0.2, 0) is 4.79 Å². The van der Waals surface area contributed by atoms with Crippen LogP contribution in [0.1, 0.15) is 0 Å². The maximum absolute atomic E-state index is 13.4. The van der Waals surface area contributed by atoms with E-state index in [1.165, 1.54) is 12.1 Å². The number of methoxy groups -OCH3 is 1. The SMILES string of the molecule is COc1ccccc1NC(=O)CSc1nnc2c(n1)[nH]c1ccc(F)cc12. The second-order valence-corrected chi connectivity index (χ2v) is 6.59. The van der Waals surface area contributed by atoms with Crippen molar-refractivity contribution in [2.24, 2.45) is 0 Å². The summed E-state index contributed by atoms with van der Waals surface area (Å²) in [5.41, 5.74) is 2.31. The standard InChI is InChI=1S/C18H14FN5O2S/c1-26-14-5-3-2-4-13(14)20-15(25)9-27-18-22-17-16(23-24-18)11-8-10(19)6-7-12(11)21-17/h2-8H,9H2,1H3,(H,20,25)(H,21,22,24). The van der Waals surface area contributed by atoms with Crippen molar-refractivity contribution in [3.8, 4) is 5.75 Å². The summed E-state index contributed by atoms with van der Waals surface area (Å²) in [5, 5.41) is 11.9. The van der Waals surface area contributed by atoms with Crippen molar-refractivity contribution >= 4 is 45.4 Å². The molecule has 0 atom stereocenters. The van der Waals surface area contributed by atoms with Crippen molar-refractivity contribution < 1.29 is 13.9 Å². The van der Waals surface area contributed by atoms with E-state index in [-0.39, 0.29) is 17.5 Å². The van der Waals surface area contributed by atoms with Crippen molar-refractivity contribution in [1.82, 2.24) is 20.2 Å². The molecule has 0 unspecified atom stereocenters. The highest BCUT2D eigenvalue weighted by atomic mass is 32.2. The molecular weight excluding hydrogens is 369 g/mol. The number of amides is 1. The minimum absolute atomic E-state index is 0.111. The molecule has 4 rings (SSSR count). The number of thioether (sulfide) groups is 1. The third-order valence-electron chi connectivity index (χ3n) is 3.87. The minimum atomic E-state index is -0.350. The zero-order chi connectivity index (χ0) is 18.8. The third-order valence-corrected chi connectivity index (χ3v) is 4.71. The highest BCUT2D eigenvalue weighted by Crippen LogP contribution is 2.25. The number of benzene rings is 2. The first kappa shape index (κ1) is 17.2. The summed E-state index contributed by atoms with van der Waals surface area (Å²) in [5.74, 6) is 0.129. The molecule has 0 radical (unpaired) electrons. The number of anilines is 1. The number of fused-ring (bicyclic) bond motifs is 3. The smallest absolute Gasteiger partial charge is 0.234 e. The molecule has 0 aliphatic heterocycles. The Balaban J connectivity index is 1.48. The van der Waals surface area contributed by atoms with Crippen molar-refractivity contribution in [3.05, 3.63) is 48.3 Å². The molecular formula is C18H14FN5O2S. The Kier molecular flexibility index (Phi) is 4.59. The average Bonchev–Trinajstić information content (AvgIpc) is 3.04. The number of carbonyl (C=O) groups is 1. The quantitative estimate of drug-likeness (QED) is 0.513. The third kappa shape index (κ3) is 3.54. The molecule has 0 saturated carbocycles. The molecule has 0 aliphatic carbocycles. The van der Waals surface area contributed by atoms with E-state index in [2.05, 4.69) is 25.5 Å². The van der Waals surface area contributed by atoms with Crippen molar-refractivity contribution in [2.75, 3.05) is 18.2 Å². The highest BCUT2D eigenvalue weighted by molar-refractivity contribution is 7.99. The normalized spacial score (nSPS) is 11.0. The number of nitrogens with one attached hydrogen (secondary N) is 2. The average molecular weight is 383 g/mol. The zero-order valence-corrected chi connectivity index (χ0v) is 15.0. The van der Waals surface area contributed by atoms with Gasteiger partial charge in [-0.15, -0.1) is 10.2 Å². The van der Waals surface area contributed by atoms with E-state index in [1.54, 1.807) is 25.3 Å². The van der Waals surface area contributed by atoms with Crippen LogP contribution in [0.5, 0.6) is 5.75 Å². The van der Waals surface area contributed by atoms with Gasteiger partial charge in [0.15, 0.2) is 5.65 Å². The summed E-state index contributed by atoms with van der Waals surface area (Å²) in [7, 11) is 1.54. The zero-order valence-electron chi connectivity index (χ0n) is 14.2.